The zero-order valence-electron chi connectivity index (χ0n) is 19.6. The second-order valence-electron chi connectivity index (χ2n) is 8.14. The van der Waals surface area contributed by atoms with Crippen molar-refractivity contribution in [2.24, 2.45) is 0 Å². The van der Waals surface area contributed by atoms with E-state index in [1.165, 1.54) is 54.6 Å². The van der Waals surface area contributed by atoms with Crippen LogP contribution in [0.25, 0.3) is 0 Å². The van der Waals surface area contributed by atoms with Crippen molar-refractivity contribution in [3.63, 3.8) is 0 Å². The first-order valence-corrected chi connectivity index (χ1v) is 14.5. The summed E-state index contributed by atoms with van der Waals surface area (Å²) in [5.74, 6) is -1.65. The highest BCUT2D eigenvalue weighted by atomic mass is 35.5. The monoisotopic (exact) mass is 579 g/mol. The predicted molar refractivity (Wildman–Crippen MR) is 137 cm³/mol. The fourth-order valence-electron chi connectivity index (χ4n) is 3.67. The number of nitrogens with zero attached hydrogens (tertiary/aromatic N) is 2. The van der Waals surface area contributed by atoms with Crippen LogP contribution in [0.15, 0.2) is 65.6 Å². The van der Waals surface area contributed by atoms with Crippen LogP contribution in [-0.2, 0) is 24.3 Å². The van der Waals surface area contributed by atoms with Crippen LogP contribution in [0.1, 0.15) is 15.9 Å². The van der Waals surface area contributed by atoms with Crippen molar-refractivity contribution in [1.82, 2.24) is 0 Å². The van der Waals surface area contributed by atoms with Gasteiger partial charge in [-0.15, -0.1) is 0 Å². The van der Waals surface area contributed by atoms with E-state index in [0.29, 0.717) is 0 Å². The van der Waals surface area contributed by atoms with Crippen molar-refractivity contribution in [1.29, 1.82) is 5.26 Å². The van der Waals surface area contributed by atoms with Crippen LogP contribution < -0.4 is 14.4 Å². The van der Waals surface area contributed by atoms with Gasteiger partial charge in [-0.1, -0.05) is 23.7 Å². The van der Waals surface area contributed by atoms with Gasteiger partial charge in [0.15, 0.2) is 0 Å². The number of nitriles is 1. The summed E-state index contributed by atoms with van der Waals surface area (Å²) >= 11 is 5.97. The molecule has 3 aromatic rings. The quantitative estimate of drug-likeness (QED) is 0.419. The first-order valence-electron chi connectivity index (χ1n) is 10.8. The van der Waals surface area contributed by atoms with Crippen molar-refractivity contribution >= 4 is 49.0 Å². The highest BCUT2D eigenvalue weighted by molar-refractivity contribution is 7.92. The lowest BCUT2D eigenvalue weighted by atomic mass is 10.1. The number of hydrogen-bond acceptors (Lipinski definition) is 8. The fraction of sp³-hybridized carbons (Fsp3) is 0.167. The van der Waals surface area contributed by atoms with E-state index in [4.69, 9.17) is 20.5 Å². The number of carbonyl (C=O) groups excluding carboxylic acids is 1. The van der Waals surface area contributed by atoms with Gasteiger partial charge in [0.1, 0.15) is 24.3 Å². The van der Waals surface area contributed by atoms with Crippen LogP contribution in [0, 0.1) is 17.1 Å². The van der Waals surface area contributed by atoms with E-state index in [9.17, 15) is 31.3 Å². The van der Waals surface area contributed by atoms with Crippen molar-refractivity contribution in [3.05, 3.63) is 82.6 Å². The number of halogens is 2. The molecule has 1 amide bonds. The molecule has 14 heteroatoms. The lowest BCUT2D eigenvalue weighted by Gasteiger charge is -2.35. The predicted octanol–water partition coefficient (Wildman–Crippen LogP) is 3.54. The second kappa shape index (κ2) is 10.6. The number of ether oxygens (including phenoxy) is 1. The number of rotatable bonds is 7. The molecule has 0 fully saturated rings. The van der Waals surface area contributed by atoms with Crippen molar-refractivity contribution in [2.45, 2.75) is 11.0 Å². The number of carbonyl (C=O) groups is 1. The molecule has 0 saturated carbocycles. The van der Waals surface area contributed by atoms with Crippen molar-refractivity contribution in [2.75, 3.05) is 29.0 Å². The van der Waals surface area contributed by atoms with Gasteiger partial charge >= 0.3 is 0 Å². The normalized spacial score (nSPS) is 15.2. The summed E-state index contributed by atoms with van der Waals surface area (Å²) in [6, 6.07) is 15.1. The van der Waals surface area contributed by atoms with Gasteiger partial charge in [0.25, 0.3) is 26.0 Å². The van der Waals surface area contributed by atoms with E-state index in [-0.39, 0.29) is 44.7 Å². The van der Waals surface area contributed by atoms with Crippen LogP contribution in [-0.4, -0.2) is 48.3 Å². The molecule has 1 aliphatic rings. The van der Waals surface area contributed by atoms with E-state index in [0.717, 1.165) is 16.6 Å². The Bertz CT molecular complexity index is 1650. The topological polar surface area (TPSA) is 143 Å². The number of hydrogen-bond donors (Lipinski definition) is 1. The molecule has 10 nitrogen and oxygen atoms in total. The number of fused-ring (bicyclic) bond motifs is 1. The highest BCUT2D eigenvalue weighted by Crippen LogP contribution is 2.39. The molecule has 1 aliphatic heterocycles. The largest absolute Gasteiger partial charge is 0.484 e. The molecule has 0 aliphatic carbocycles. The Balaban J connectivity index is 1.74. The fourth-order valence-corrected chi connectivity index (χ4v) is 5.86. The summed E-state index contributed by atoms with van der Waals surface area (Å²) in [4.78, 5) is 12.5. The first-order chi connectivity index (χ1) is 17.9. The lowest BCUT2D eigenvalue weighted by Crippen LogP contribution is -2.45. The van der Waals surface area contributed by atoms with Gasteiger partial charge in [-0.25, -0.2) is 12.8 Å². The minimum absolute atomic E-state index is 0.0143. The maximum absolute atomic E-state index is 14.2. The lowest BCUT2D eigenvalue weighted by molar-refractivity contribution is 0.102. The van der Waals surface area contributed by atoms with E-state index in [2.05, 4.69) is 5.32 Å². The Morgan fingerprint density at radius 3 is 2.61 bits per heavy atom. The summed E-state index contributed by atoms with van der Waals surface area (Å²) in [7, 11) is -8.14. The van der Waals surface area contributed by atoms with E-state index in [1.807, 2.05) is 6.07 Å². The second-order valence-corrected chi connectivity index (χ2v) is 12.1. The van der Waals surface area contributed by atoms with Crippen LogP contribution in [0.5, 0.6) is 5.75 Å². The average Bonchev–Trinajstić information content (AvgIpc) is 2.86. The summed E-state index contributed by atoms with van der Waals surface area (Å²) in [6.45, 7) is -0.815. The van der Waals surface area contributed by atoms with E-state index >= 15 is 0 Å². The third kappa shape index (κ3) is 5.89. The number of nitrogens with one attached hydrogen (secondary N) is 1. The standard InChI is InChI=1S/C24H19ClFN3O7S2/c1-37(31,32)35-14-17-13-29(38(33,34)18-5-2-4-15(10-18)12-27)21-11-16(8-9-22(21)36-17)28-24(30)23-19(25)6-3-7-20(23)26/h2-11,17H,13-14H2,1H3,(H,28,30)/t17-/m1/s1. The Morgan fingerprint density at radius 1 is 1.18 bits per heavy atom. The number of amides is 1. The molecule has 0 saturated heterocycles. The summed E-state index contributed by atoms with van der Waals surface area (Å²) in [5.41, 5.74) is -0.160. The minimum atomic E-state index is -4.30. The van der Waals surface area contributed by atoms with Gasteiger partial charge in [-0.05, 0) is 48.5 Å². The number of sulfonamides is 1. The summed E-state index contributed by atoms with van der Waals surface area (Å²) in [5, 5.41) is 11.6. The van der Waals surface area contributed by atoms with Gasteiger partial charge in [-0.2, -0.15) is 13.7 Å². The Labute approximate surface area is 223 Å². The number of benzene rings is 3. The van der Waals surface area contributed by atoms with Crippen LogP contribution in [0.4, 0.5) is 15.8 Å². The molecule has 0 bridgehead atoms. The maximum atomic E-state index is 14.2. The zero-order valence-corrected chi connectivity index (χ0v) is 22.0. The van der Waals surface area contributed by atoms with Gasteiger partial charge in [0.2, 0.25) is 0 Å². The molecule has 3 aromatic carbocycles. The van der Waals surface area contributed by atoms with E-state index in [1.54, 1.807) is 0 Å². The van der Waals surface area contributed by atoms with Gasteiger partial charge < -0.3 is 10.1 Å². The molecule has 0 radical (unpaired) electrons. The van der Waals surface area contributed by atoms with Crippen LogP contribution in [0.3, 0.4) is 0 Å². The van der Waals surface area contributed by atoms with Crippen LogP contribution in [0.2, 0.25) is 5.02 Å². The van der Waals surface area contributed by atoms with Crippen LogP contribution >= 0.6 is 11.6 Å². The third-order valence-corrected chi connectivity index (χ3v) is 8.01. The molecule has 0 unspecified atom stereocenters. The Hall–Kier alpha value is -3.70. The first kappa shape index (κ1) is 27.3. The molecular formula is C24H19ClFN3O7S2. The molecule has 1 heterocycles. The van der Waals surface area contributed by atoms with Crippen molar-refractivity contribution < 1.29 is 34.9 Å². The van der Waals surface area contributed by atoms with Gasteiger partial charge in [-0.3, -0.25) is 13.3 Å². The van der Waals surface area contributed by atoms with Gasteiger partial charge in [0.05, 0.1) is 45.6 Å². The Kier molecular flexibility index (Phi) is 7.61. The van der Waals surface area contributed by atoms with Crippen molar-refractivity contribution in [3.8, 4) is 11.8 Å². The SMILES string of the molecule is CS(=O)(=O)OC[C@H]1CN(S(=O)(=O)c2cccc(C#N)c2)c2cc(NC(=O)c3c(F)cccc3Cl)ccc2O1. The molecule has 4 rings (SSSR count). The maximum Gasteiger partial charge on any atom is 0.264 e. The number of anilines is 2. The van der Waals surface area contributed by atoms with E-state index < -0.39 is 44.6 Å². The minimum Gasteiger partial charge on any atom is -0.484 e. The molecule has 0 aromatic heterocycles. The zero-order chi connectivity index (χ0) is 27.7. The highest BCUT2D eigenvalue weighted by Gasteiger charge is 2.36. The molecule has 0 spiro atoms. The smallest absolute Gasteiger partial charge is 0.264 e. The molecule has 198 valence electrons. The average molecular weight is 580 g/mol. The summed E-state index contributed by atoms with van der Waals surface area (Å²) in [6.07, 6.45) is -0.161. The third-order valence-electron chi connectivity index (χ3n) is 5.36. The molecule has 1 N–H and O–H groups in total. The molecule has 1 atom stereocenters. The Morgan fingerprint density at radius 2 is 1.92 bits per heavy atom. The van der Waals surface area contributed by atoms with Gasteiger partial charge in [0, 0.05) is 5.69 Å². The summed E-state index contributed by atoms with van der Waals surface area (Å²) < 4.78 is 76.0. The molecule has 38 heavy (non-hydrogen) atoms. The molecular weight excluding hydrogens is 561 g/mol.